The summed E-state index contributed by atoms with van der Waals surface area (Å²) in [5.74, 6) is 0.178. The fourth-order valence-electron chi connectivity index (χ4n) is 1.55. The molecule has 3 nitrogen and oxygen atoms in total. The van der Waals surface area contributed by atoms with E-state index in [1.54, 1.807) is 22.6 Å². The van der Waals surface area contributed by atoms with Crippen molar-refractivity contribution in [1.29, 1.82) is 0 Å². The van der Waals surface area contributed by atoms with E-state index in [1.165, 1.54) is 0 Å². The van der Waals surface area contributed by atoms with Gasteiger partial charge in [0.1, 0.15) is 0 Å². The highest BCUT2D eigenvalue weighted by molar-refractivity contribution is 7.99. The fourth-order valence-corrected chi connectivity index (χ4v) is 2.55. The van der Waals surface area contributed by atoms with Gasteiger partial charge in [-0.05, 0) is 6.07 Å². The van der Waals surface area contributed by atoms with Crippen molar-refractivity contribution >= 4 is 17.5 Å². The number of hydrogen-bond acceptors (Lipinski definition) is 3. The molecule has 0 saturated heterocycles. The summed E-state index contributed by atoms with van der Waals surface area (Å²) in [6.07, 6.45) is 4.28. The first-order valence-corrected chi connectivity index (χ1v) is 6.31. The second kappa shape index (κ2) is 5.19. The molecule has 2 aromatic rings. The van der Waals surface area contributed by atoms with Crippen LogP contribution in [0.3, 0.4) is 0 Å². The number of aromatic nitrogens is 2. The van der Waals surface area contributed by atoms with Crippen molar-refractivity contribution in [1.82, 2.24) is 9.78 Å². The molecule has 0 unspecified atom stereocenters. The lowest BCUT2D eigenvalue weighted by Gasteiger charge is -2.05. The van der Waals surface area contributed by atoms with Crippen LogP contribution in [-0.2, 0) is 7.05 Å². The van der Waals surface area contributed by atoms with Gasteiger partial charge in [0.2, 0.25) is 0 Å². The van der Waals surface area contributed by atoms with Crippen LogP contribution in [0.4, 0.5) is 0 Å². The first-order chi connectivity index (χ1) is 8.20. The summed E-state index contributed by atoms with van der Waals surface area (Å²) in [4.78, 5) is 13.8. The Bertz CT molecular complexity index is 534. The summed E-state index contributed by atoms with van der Waals surface area (Å²) in [7, 11) is 1.88. The van der Waals surface area contributed by atoms with Crippen molar-refractivity contribution in [2.24, 2.45) is 7.05 Å². The number of ketones is 1. The SMILES string of the molecule is CCC(=O)c1ccccc1Sc1cnn(C)c1. The third-order valence-electron chi connectivity index (χ3n) is 2.42. The minimum atomic E-state index is 0.178. The van der Waals surface area contributed by atoms with Gasteiger partial charge in [-0.25, -0.2) is 0 Å². The van der Waals surface area contributed by atoms with Crippen molar-refractivity contribution in [3.63, 3.8) is 0 Å². The van der Waals surface area contributed by atoms with E-state index in [4.69, 9.17) is 0 Å². The quantitative estimate of drug-likeness (QED) is 0.777. The molecule has 0 amide bonds. The second-order valence-corrected chi connectivity index (χ2v) is 4.84. The van der Waals surface area contributed by atoms with Crippen molar-refractivity contribution < 1.29 is 4.79 Å². The van der Waals surface area contributed by atoms with Crippen LogP contribution < -0.4 is 0 Å². The molecule has 4 heteroatoms. The van der Waals surface area contributed by atoms with E-state index in [0.29, 0.717) is 6.42 Å². The average Bonchev–Trinajstić information content (AvgIpc) is 2.74. The molecule has 0 aliphatic rings. The van der Waals surface area contributed by atoms with Crippen molar-refractivity contribution in [2.45, 2.75) is 23.1 Å². The average molecular weight is 246 g/mol. The molecule has 0 aliphatic carbocycles. The largest absolute Gasteiger partial charge is 0.294 e. The molecular weight excluding hydrogens is 232 g/mol. The summed E-state index contributed by atoms with van der Waals surface area (Å²) >= 11 is 1.57. The highest BCUT2D eigenvalue weighted by Crippen LogP contribution is 2.30. The van der Waals surface area contributed by atoms with E-state index in [9.17, 15) is 4.79 Å². The van der Waals surface area contributed by atoms with Gasteiger partial charge in [-0.15, -0.1) is 0 Å². The summed E-state index contributed by atoms with van der Waals surface area (Å²) < 4.78 is 1.76. The van der Waals surface area contributed by atoms with Gasteiger partial charge in [0.05, 0.1) is 11.1 Å². The molecule has 0 bridgehead atoms. The highest BCUT2D eigenvalue weighted by Gasteiger charge is 2.10. The van der Waals surface area contributed by atoms with Gasteiger partial charge in [-0.1, -0.05) is 36.9 Å². The second-order valence-electron chi connectivity index (χ2n) is 3.72. The van der Waals surface area contributed by atoms with Crippen LogP contribution in [0.15, 0.2) is 46.5 Å². The Morgan fingerprint density at radius 1 is 1.41 bits per heavy atom. The first-order valence-electron chi connectivity index (χ1n) is 5.49. The van der Waals surface area contributed by atoms with Crippen LogP contribution in [0.1, 0.15) is 23.7 Å². The molecule has 0 N–H and O–H groups in total. The Kier molecular flexibility index (Phi) is 3.64. The fraction of sp³-hybridized carbons (Fsp3) is 0.231. The van der Waals surface area contributed by atoms with Gasteiger partial charge < -0.3 is 0 Å². The molecule has 1 heterocycles. The predicted molar refractivity (Wildman–Crippen MR) is 68.4 cm³/mol. The summed E-state index contributed by atoms with van der Waals surface area (Å²) in [5.41, 5.74) is 0.795. The number of aryl methyl sites for hydroxylation is 1. The standard InChI is InChI=1S/C13H14N2OS/c1-3-12(16)11-6-4-5-7-13(11)17-10-8-14-15(2)9-10/h4-9H,3H2,1-2H3. The van der Waals surface area contributed by atoms with Gasteiger partial charge in [-0.3, -0.25) is 9.48 Å². The van der Waals surface area contributed by atoms with Gasteiger partial charge in [0.25, 0.3) is 0 Å². The molecule has 0 fully saturated rings. The maximum Gasteiger partial charge on any atom is 0.163 e. The third kappa shape index (κ3) is 2.77. The van der Waals surface area contributed by atoms with Crippen molar-refractivity contribution in [3.05, 3.63) is 42.2 Å². The lowest BCUT2D eigenvalue weighted by molar-refractivity contribution is 0.0985. The van der Waals surface area contributed by atoms with E-state index in [1.807, 2.05) is 44.4 Å². The smallest absolute Gasteiger partial charge is 0.163 e. The van der Waals surface area contributed by atoms with Crippen molar-refractivity contribution in [3.8, 4) is 0 Å². The molecule has 2 rings (SSSR count). The monoisotopic (exact) mass is 246 g/mol. The Morgan fingerprint density at radius 2 is 2.18 bits per heavy atom. The molecule has 1 aromatic carbocycles. The van der Waals surface area contributed by atoms with Gasteiger partial charge in [-0.2, -0.15) is 5.10 Å². The highest BCUT2D eigenvalue weighted by atomic mass is 32.2. The topological polar surface area (TPSA) is 34.9 Å². The van der Waals surface area contributed by atoms with E-state index in [2.05, 4.69) is 5.10 Å². The Morgan fingerprint density at radius 3 is 2.82 bits per heavy atom. The number of hydrogen-bond donors (Lipinski definition) is 0. The molecule has 0 atom stereocenters. The van der Waals surface area contributed by atoms with E-state index in [0.717, 1.165) is 15.4 Å². The Balaban J connectivity index is 2.29. The van der Waals surface area contributed by atoms with Crippen LogP contribution in [0.2, 0.25) is 0 Å². The molecule has 0 aliphatic heterocycles. The lowest BCUT2D eigenvalue weighted by Crippen LogP contribution is -1.98. The number of nitrogens with zero attached hydrogens (tertiary/aromatic N) is 2. The minimum absolute atomic E-state index is 0.178. The zero-order valence-electron chi connectivity index (χ0n) is 9.88. The van der Waals surface area contributed by atoms with Gasteiger partial charge in [0, 0.05) is 30.1 Å². The number of benzene rings is 1. The normalized spacial score (nSPS) is 10.5. The molecule has 1 aromatic heterocycles. The Hall–Kier alpha value is -1.55. The van der Waals surface area contributed by atoms with Gasteiger partial charge >= 0.3 is 0 Å². The first kappa shape index (κ1) is 11.9. The van der Waals surface area contributed by atoms with Crippen LogP contribution in [0.5, 0.6) is 0 Å². The molecule has 0 radical (unpaired) electrons. The number of carbonyl (C=O) groups is 1. The zero-order chi connectivity index (χ0) is 12.3. The number of rotatable bonds is 4. The zero-order valence-corrected chi connectivity index (χ0v) is 10.7. The molecule has 0 saturated carbocycles. The van der Waals surface area contributed by atoms with E-state index >= 15 is 0 Å². The van der Waals surface area contributed by atoms with Crippen LogP contribution in [0, 0.1) is 0 Å². The third-order valence-corrected chi connectivity index (χ3v) is 3.44. The minimum Gasteiger partial charge on any atom is -0.294 e. The van der Waals surface area contributed by atoms with Crippen LogP contribution >= 0.6 is 11.8 Å². The van der Waals surface area contributed by atoms with Crippen LogP contribution in [-0.4, -0.2) is 15.6 Å². The lowest BCUT2D eigenvalue weighted by atomic mass is 10.1. The summed E-state index contributed by atoms with van der Waals surface area (Å²) in [6.45, 7) is 1.88. The Labute approximate surface area is 105 Å². The van der Waals surface area contributed by atoms with E-state index < -0.39 is 0 Å². The predicted octanol–water partition coefficient (Wildman–Crippen LogP) is 3.16. The number of carbonyl (C=O) groups excluding carboxylic acids is 1. The molecule has 17 heavy (non-hydrogen) atoms. The summed E-state index contributed by atoms with van der Waals surface area (Å²) in [5, 5.41) is 4.12. The molecule has 88 valence electrons. The maximum absolute atomic E-state index is 11.8. The van der Waals surface area contributed by atoms with Crippen molar-refractivity contribution in [2.75, 3.05) is 0 Å². The maximum atomic E-state index is 11.8. The molecular formula is C13H14N2OS. The number of Topliss-reactive ketones (excluding diaryl/α,β-unsaturated/α-hetero) is 1. The summed E-state index contributed by atoms with van der Waals surface area (Å²) in [6, 6.07) is 7.70. The van der Waals surface area contributed by atoms with Crippen LogP contribution in [0.25, 0.3) is 0 Å². The van der Waals surface area contributed by atoms with Gasteiger partial charge in [0.15, 0.2) is 5.78 Å². The molecule has 0 spiro atoms. The van der Waals surface area contributed by atoms with E-state index in [-0.39, 0.29) is 5.78 Å².